The molecule has 2 atom stereocenters. The van der Waals surface area contributed by atoms with Crippen LogP contribution >= 0.6 is 22.9 Å². The van der Waals surface area contributed by atoms with Crippen molar-refractivity contribution in [2.45, 2.75) is 37.3 Å². The number of benzene rings is 2. The number of nitrogens with zero attached hydrogens (tertiary/aromatic N) is 4. The summed E-state index contributed by atoms with van der Waals surface area (Å²) in [6, 6.07) is 13.6. The largest absolute Gasteiger partial charge is 0.380 e. The van der Waals surface area contributed by atoms with Gasteiger partial charge in [-0.25, -0.2) is 7.29 Å². The Morgan fingerprint density at radius 1 is 1.21 bits per heavy atom. The summed E-state index contributed by atoms with van der Waals surface area (Å²) >= 11 is 2.07. The number of hydrogen-bond donors (Lipinski definition) is 0. The van der Waals surface area contributed by atoms with E-state index in [9.17, 15) is 4.79 Å². The van der Waals surface area contributed by atoms with E-state index in [-0.39, 0.29) is 18.3 Å². The number of likely N-dealkylation sites (tertiary alicyclic amines) is 1. The Kier molecular flexibility index (Phi) is 5.69. The number of carbonyl (C=O) groups excluding carboxylic acids is 1. The van der Waals surface area contributed by atoms with Crippen LogP contribution in [0.1, 0.15) is 30.4 Å². The van der Waals surface area contributed by atoms with Gasteiger partial charge in [0.05, 0.1) is 47.6 Å². The molecule has 8 heteroatoms. The molecule has 4 heterocycles. The van der Waals surface area contributed by atoms with Gasteiger partial charge in [-0.15, -0.1) is 0 Å². The van der Waals surface area contributed by atoms with Gasteiger partial charge in [-0.05, 0) is 49.1 Å². The molecule has 0 radical (unpaired) electrons. The number of ether oxygens (including phenoxy) is 1. The van der Waals surface area contributed by atoms with Crippen molar-refractivity contribution in [3.05, 3.63) is 71.8 Å². The van der Waals surface area contributed by atoms with E-state index in [1.807, 2.05) is 30.5 Å². The number of anilines is 1. The summed E-state index contributed by atoms with van der Waals surface area (Å²) in [5.41, 5.74) is 3.57. The summed E-state index contributed by atoms with van der Waals surface area (Å²) < 4.78 is 22.6. The zero-order valence-corrected chi connectivity index (χ0v) is 20.9. The highest BCUT2D eigenvalue weighted by Crippen LogP contribution is 2.48. The first-order valence-corrected chi connectivity index (χ1v) is 12.7. The normalized spacial score (nSPS) is 24.8. The van der Waals surface area contributed by atoms with Crippen LogP contribution in [0, 0.1) is 5.82 Å². The van der Waals surface area contributed by atoms with Crippen molar-refractivity contribution in [2.24, 2.45) is 0 Å². The third-order valence-corrected chi connectivity index (χ3v) is 8.11. The van der Waals surface area contributed by atoms with E-state index in [0.717, 1.165) is 61.4 Å². The lowest BCUT2D eigenvalue weighted by atomic mass is 9.81. The predicted octanol–water partition coefficient (Wildman–Crippen LogP) is 4.56. The lowest BCUT2D eigenvalue weighted by Crippen LogP contribution is -2.45. The van der Waals surface area contributed by atoms with E-state index in [4.69, 9.17) is 4.74 Å². The topological polar surface area (TPSA) is 50.6 Å². The van der Waals surface area contributed by atoms with E-state index in [1.54, 1.807) is 20.1 Å². The van der Waals surface area contributed by atoms with Crippen LogP contribution in [0.15, 0.2) is 54.9 Å². The molecule has 2 saturated heterocycles. The molecule has 176 valence electrons. The molecule has 0 bridgehead atoms. The Morgan fingerprint density at radius 2 is 2.09 bits per heavy atom. The van der Waals surface area contributed by atoms with Crippen molar-refractivity contribution in [3.8, 4) is 11.1 Å². The summed E-state index contributed by atoms with van der Waals surface area (Å²) in [7, 11) is 0. The standard InChI is InChI=1S/C26H26FIN4O2/c27-23-12-18(20-13-29-32(28)15-20)7-8-19(23)14-31-24-6-2-1-5-22(24)26(25(31)33)9-10-30(17-26)21-4-3-11-34-16-21/h1-2,5-8,12-13,15,21H,3-4,9-11,14,16-17H2. The Balaban J connectivity index is 1.28. The molecule has 1 amide bonds. The molecular weight excluding hydrogens is 546 g/mol. The first-order valence-electron chi connectivity index (χ1n) is 11.8. The first-order chi connectivity index (χ1) is 16.5. The van der Waals surface area contributed by atoms with Crippen LogP contribution < -0.4 is 4.90 Å². The summed E-state index contributed by atoms with van der Waals surface area (Å²) in [4.78, 5) is 18.2. The minimum Gasteiger partial charge on any atom is -0.380 e. The molecule has 6 nitrogen and oxygen atoms in total. The molecular formula is C26H26FIN4O2. The average Bonchev–Trinajstić information content (AvgIpc) is 3.56. The highest BCUT2D eigenvalue weighted by molar-refractivity contribution is 14.1. The maximum absolute atomic E-state index is 15.2. The van der Waals surface area contributed by atoms with Crippen LogP contribution in [0.4, 0.5) is 10.1 Å². The Bertz CT molecular complexity index is 1240. The summed E-state index contributed by atoms with van der Waals surface area (Å²) in [5, 5.41) is 4.16. The van der Waals surface area contributed by atoms with Crippen LogP contribution in [0.5, 0.6) is 0 Å². The smallest absolute Gasteiger partial charge is 0.239 e. The molecule has 6 rings (SSSR count). The molecule has 0 N–H and O–H groups in total. The zero-order chi connectivity index (χ0) is 23.3. The van der Waals surface area contributed by atoms with Crippen molar-refractivity contribution < 1.29 is 13.9 Å². The van der Waals surface area contributed by atoms with Crippen molar-refractivity contribution in [1.29, 1.82) is 0 Å². The maximum Gasteiger partial charge on any atom is 0.239 e. The number of amides is 1. The fourth-order valence-electron chi connectivity index (χ4n) is 5.78. The molecule has 3 aliphatic rings. The van der Waals surface area contributed by atoms with E-state index in [0.29, 0.717) is 18.2 Å². The molecule has 3 aliphatic heterocycles. The van der Waals surface area contributed by atoms with E-state index in [2.05, 4.69) is 38.9 Å². The van der Waals surface area contributed by atoms with Gasteiger partial charge in [0.1, 0.15) is 5.82 Å². The molecule has 1 spiro atoms. The lowest BCUT2D eigenvalue weighted by Gasteiger charge is -2.32. The van der Waals surface area contributed by atoms with Gasteiger partial charge >= 0.3 is 0 Å². The Morgan fingerprint density at radius 3 is 2.85 bits per heavy atom. The van der Waals surface area contributed by atoms with Gasteiger partial charge in [0.2, 0.25) is 5.91 Å². The van der Waals surface area contributed by atoms with E-state index in [1.165, 1.54) is 6.07 Å². The molecule has 34 heavy (non-hydrogen) atoms. The number of para-hydroxylation sites is 1. The molecule has 2 fully saturated rings. The fraction of sp³-hybridized carbons (Fsp3) is 0.385. The molecule has 1 aromatic heterocycles. The van der Waals surface area contributed by atoms with Gasteiger partial charge in [0.15, 0.2) is 0 Å². The number of carbonyl (C=O) groups is 1. The summed E-state index contributed by atoms with van der Waals surface area (Å²) in [6.07, 6.45) is 6.54. The Labute approximate surface area is 212 Å². The van der Waals surface area contributed by atoms with Crippen molar-refractivity contribution >= 4 is 34.5 Å². The minimum atomic E-state index is -0.556. The van der Waals surface area contributed by atoms with Gasteiger partial charge in [-0.2, -0.15) is 5.10 Å². The molecule has 2 unspecified atom stereocenters. The second-order valence-electron chi connectivity index (χ2n) is 9.51. The number of rotatable bonds is 4. The van der Waals surface area contributed by atoms with Gasteiger partial charge in [0, 0.05) is 42.2 Å². The van der Waals surface area contributed by atoms with Gasteiger partial charge in [-0.3, -0.25) is 9.69 Å². The number of halogens is 2. The second-order valence-corrected chi connectivity index (χ2v) is 10.5. The van der Waals surface area contributed by atoms with Gasteiger partial charge in [-0.1, -0.05) is 30.3 Å². The fourth-order valence-corrected chi connectivity index (χ4v) is 6.21. The second kappa shape index (κ2) is 8.73. The molecule has 0 saturated carbocycles. The number of fused-ring (bicyclic) bond motifs is 2. The maximum atomic E-state index is 15.2. The SMILES string of the molecule is O=C1N(Cc2ccc(-c3cnn(I)c3)cc2F)c2ccccc2C12CCN(C1CCCOC1)C2. The van der Waals surface area contributed by atoms with Gasteiger partial charge in [0.25, 0.3) is 0 Å². The Hall–Kier alpha value is -2.30. The van der Waals surface area contributed by atoms with E-state index < -0.39 is 5.41 Å². The predicted molar refractivity (Wildman–Crippen MR) is 136 cm³/mol. The van der Waals surface area contributed by atoms with Gasteiger partial charge < -0.3 is 9.64 Å². The first kappa shape index (κ1) is 22.2. The quantitative estimate of drug-likeness (QED) is 0.431. The van der Waals surface area contributed by atoms with Crippen LogP contribution in [0.3, 0.4) is 0 Å². The highest BCUT2D eigenvalue weighted by atomic mass is 127. The molecule has 3 aromatic rings. The average molecular weight is 572 g/mol. The summed E-state index contributed by atoms with van der Waals surface area (Å²) in [5.74, 6) is -0.222. The highest BCUT2D eigenvalue weighted by Gasteiger charge is 2.55. The van der Waals surface area contributed by atoms with Crippen LogP contribution in [-0.2, 0) is 21.5 Å². The monoisotopic (exact) mass is 572 g/mol. The number of hydrogen-bond acceptors (Lipinski definition) is 4. The summed E-state index contributed by atoms with van der Waals surface area (Å²) in [6.45, 7) is 3.38. The molecule has 2 aromatic carbocycles. The van der Waals surface area contributed by atoms with Crippen molar-refractivity contribution in [2.75, 3.05) is 31.2 Å². The third-order valence-electron chi connectivity index (χ3n) is 7.58. The van der Waals surface area contributed by atoms with E-state index >= 15 is 4.39 Å². The van der Waals surface area contributed by atoms with Crippen LogP contribution in [0.25, 0.3) is 11.1 Å². The third kappa shape index (κ3) is 3.67. The van der Waals surface area contributed by atoms with Crippen molar-refractivity contribution in [1.82, 2.24) is 12.9 Å². The zero-order valence-electron chi connectivity index (χ0n) is 18.8. The lowest BCUT2D eigenvalue weighted by molar-refractivity contribution is -0.123. The molecule has 0 aliphatic carbocycles. The van der Waals surface area contributed by atoms with Crippen LogP contribution in [-0.4, -0.2) is 51.1 Å². The number of aromatic nitrogens is 2. The van der Waals surface area contributed by atoms with Crippen molar-refractivity contribution in [3.63, 3.8) is 0 Å². The van der Waals surface area contributed by atoms with Crippen LogP contribution in [0.2, 0.25) is 0 Å². The minimum absolute atomic E-state index is 0.0857.